The van der Waals surface area contributed by atoms with Crippen LogP contribution in [0.15, 0.2) is 18.2 Å². The van der Waals surface area contributed by atoms with E-state index in [2.05, 4.69) is 24.0 Å². The van der Waals surface area contributed by atoms with E-state index >= 15 is 0 Å². The Kier molecular flexibility index (Phi) is 4.52. The van der Waals surface area contributed by atoms with Crippen LogP contribution in [0.5, 0.6) is 0 Å². The number of piperidine rings is 1. The van der Waals surface area contributed by atoms with Crippen LogP contribution in [-0.4, -0.2) is 18.6 Å². The van der Waals surface area contributed by atoms with Crippen LogP contribution in [0, 0.1) is 0 Å². The summed E-state index contributed by atoms with van der Waals surface area (Å²) in [4.78, 5) is 2.51. The molecule has 1 aliphatic rings. The Labute approximate surface area is 115 Å². The average molecular weight is 267 g/mol. The van der Waals surface area contributed by atoms with Crippen LogP contribution < -0.4 is 10.6 Å². The van der Waals surface area contributed by atoms with Crippen molar-refractivity contribution >= 4 is 17.3 Å². The zero-order chi connectivity index (χ0) is 13.1. The van der Waals surface area contributed by atoms with Crippen LogP contribution in [0.4, 0.5) is 5.69 Å². The van der Waals surface area contributed by atoms with Gasteiger partial charge in [-0.2, -0.15) is 0 Å². The molecule has 0 aliphatic carbocycles. The predicted molar refractivity (Wildman–Crippen MR) is 79.5 cm³/mol. The van der Waals surface area contributed by atoms with Crippen molar-refractivity contribution in [3.63, 3.8) is 0 Å². The van der Waals surface area contributed by atoms with E-state index in [0.717, 1.165) is 18.0 Å². The molecule has 0 saturated carbocycles. The highest BCUT2D eigenvalue weighted by atomic mass is 35.5. The molecule has 100 valence electrons. The zero-order valence-electron chi connectivity index (χ0n) is 11.3. The van der Waals surface area contributed by atoms with Gasteiger partial charge in [-0.1, -0.05) is 11.6 Å². The summed E-state index contributed by atoms with van der Waals surface area (Å²) in [6, 6.07) is 7.00. The van der Waals surface area contributed by atoms with Gasteiger partial charge in [-0.15, -0.1) is 0 Å². The summed E-state index contributed by atoms with van der Waals surface area (Å²) in [6.07, 6.45) is 4.79. The first-order valence-electron chi connectivity index (χ1n) is 6.88. The van der Waals surface area contributed by atoms with Gasteiger partial charge >= 0.3 is 0 Å². The first kappa shape index (κ1) is 13.7. The third-order valence-electron chi connectivity index (χ3n) is 3.70. The maximum Gasteiger partial charge on any atom is 0.0410 e. The number of benzene rings is 1. The molecule has 0 spiro atoms. The number of anilines is 1. The number of hydrogen-bond donors (Lipinski definition) is 1. The van der Waals surface area contributed by atoms with Crippen molar-refractivity contribution in [3.8, 4) is 0 Å². The Hall–Kier alpha value is -0.730. The second-order valence-corrected chi connectivity index (χ2v) is 5.93. The molecular formula is C15H23ClN2. The molecule has 0 amide bonds. The summed E-state index contributed by atoms with van der Waals surface area (Å²) in [5.74, 6) is 0. The molecule has 1 heterocycles. The number of nitrogens with zero attached hydrogens (tertiary/aromatic N) is 1. The van der Waals surface area contributed by atoms with Crippen LogP contribution in [0.25, 0.3) is 0 Å². The minimum atomic E-state index is 0.169. The quantitative estimate of drug-likeness (QED) is 0.906. The van der Waals surface area contributed by atoms with Gasteiger partial charge in [-0.05, 0) is 63.3 Å². The number of halogens is 1. The molecule has 2 unspecified atom stereocenters. The first-order chi connectivity index (χ1) is 8.58. The Bertz CT molecular complexity index is 403. The molecule has 1 fully saturated rings. The number of nitrogens with two attached hydrogens (primary N) is 1. The molecular weight excluding hydrogens is 244 g/mol. The summed E-state index contributed by atoms with van der Waals surface area (Å²) in [5.41, 5.74) is 8.55. The molecule has 18 heavy (non-hydrogen) atoms. The van der Waals surface area contributed by atoms with E-state index in [0.29, 0.717) is 6.04 Å². The molecule has 0 radical (unpaired) electrons. The monoisotopic (exact) mass is 266 g/mol. The van der Waals surface area contributed by atoms with Crippen molar-refractivity contribution in [2.45, 2.75) is 51.6 Å². The van der Waals surface area contributed by atoms with Gasteiger partial charge < -0.3 is 10.6 Å². The third kappa shape index (κ3) is 3.18. The Morgan fingerprint density at radius 1 is 1.44 bits per heavy atom. The predicted octanol–water partition coefficient (Wildman–Crippen LogP) is 3.61. The molecule has 2 nitrogen and oxygen atoms in total. The van der Waals surface area contributed by atoms with Gasteiger partial charge in [0.15, 0.2) is 0 Å². The van der Waals surface area contributed by atoms with E-state index < -0.39 is 0 Å². The lowest BCUT2D eigenvalue weighted by molar-refractivity contribution is 0.483. The number of rotatable bonds is 3. The van der Waals surface area contributed by atoms with E-state index in [1.54, 1.807) is 0 Å². The van der Waals surface area contributed by atoms with Crippen LogP contribution in [0.2, 0.25) is 5.02 Å². The summed E-state index contributed by atoms with van der Waals surface area (Å²) in [6.45, 7) is 5.50. The first-order valence-corrected chi connectivity index (χ1v) is 7.26. The minimum absolute atomic E-state index is 0.169. The SMILES string of the molecule is CC(N)Cc1cc(Cl)ccc1N1CCCCC1C. The molecule has 0 aromatic heterocycles. The summed E-state index contributed by atoms with van der Waals surface area (Å²) in [5, 5.41) is 0.805. The molecule has 1 saturated heterocycles. The lowest BCUT2D eigenvalue weighted by Gasteiger charge is -2.37. The molecule has 2 rings (SSSR count). The summed E-state index contributed by atoms with van der Waals surface area (Å²) in [7, 11) is 0. The lowest BCUT2D eigenvalue weighted by Crippen LogP contribution is -2.38. The van der Waals surface area contributed by atoms with Crippen LogP contribution in [-0.2, 0) is 6.42 Å². The van der Waals surface area contributed by atoms with Gasteiger partial charge in [0.1, 0.15) is 0 Å². The van der Waals surface area contributed by atoms with Crippen molar-refractivity contribution in [3.05, 3.63) is 28.8 Å². The van der Waals surface area contributed by atoms with Gasteiger partial charge in [0, 0.05) is 29.3 Å². The Morgan fingerprint density at radius 3 is 2.89 bits per heavy atom. The standard InChI is InChI=1S/C15H23ClN2/c1-11(17)9-13-10-14(16)6-7-15(13)18-8-4-3-5-12(18)2/h6-7,10-12H,3-5,8-9,17H2,1-2H3. The van der Waals surface area contributed by atoms with Crippen molar-refractivity contribution in [1.29, 1.82) is 0 Å². The highest BCUT2D eigenvalue weighted by Gasteiger charge is 2.21. The van der Waals surface area contributed by atoms with Crippen LogP contribution in [0.3, 0.4) is 0 Å². The van der Waals surface area contributed by atoms with Gasteiger partial charge in [0.2, 0.25) is 0 Å². The molecule has 3 heteroatoms. The van der Waals surface area contributed by atoms with Gasteiger partial charge in [0.05, 0.1) is 0 Å². The normalized spacial score (nSPS) is 22.0. The van der Waals surface area contributed by atoms with Gasteiger partial charge in [-0.25, -0.2) is 0 Å². The fourth-order valence-electron chi connectivity index (χ4n) is 2.80. The Balaban J connectivity index is 2.30. The van der Waals surface area contributed by atoms with Crippen LogP contribution in [0.1, 0.15) is 38.7 Å². The topological polar surface area (TPSA) is 29.3 Å². The van der Waals surface area contributed by atoms with E-state index in [9.17, 15) is 0 Å². The highest BCUT2D eigenvalue weighted by Crippen LogP contribution is 2.30. The van der Waals surface area contributed by atoms with E-state index in [4.69, 9.17) is 17.3 Å². The third-order valence-corrected chi connectivity index (χ3v) is 3.93. The fourth-order valence-corrected chi connectivity index (χ4v) is 3.00. The maximum atomic E-state index is 6.12. The highest BCUT2D eigenvalue weighted by molar-refractivity contribution is 6.30. The maximum absolute atomic E-state index is 6.12. The Morgan fingerprint density at radius 2 is 2.22 bits per heavy atom. The molecule has 1 aliphatic heterocycles. The van der Waals surface area contributed by atoms with Crippen molar-refractivity contribution in [1.82, 2.24) is 0 Å². The van der Waals surface area contributed by atoms with E-state index in [-0.39, 0.29) is 6.04 Å². The lowest BCUT2D eigenvalue weighted by atomic mass is 9.99. The molecule has 0 bridgehead atoms. The van der Waals surface area contributed by atoms with E-state index in [1.807, 2.05) is 13.0 Å². The zero-order valence-corrected chi connectivity index (χ0v) is 12.1. The molecule has 2 N–H and O–H groups in total. The number of hydrogen-bond acceptors (Lipinski definition) is 2. The van der Waals surface area contributed by atoms with Gasteiger partial charge in [-0.3, -0.25) is 0 Å². The second-order valence-electron chi connectivity index (χ2n) is 5.49. The van der Waals surface area contributed by atoms with Crippen molar-refractivity contribution < 1.29 is 0 Å². The fraction of sp³-hybridized carbons (Fsp3) is 0.600. The molecule has 2 atom stereocenters. The minimum Gasteiger partial charge on any atom is -0.369 e. The van der Waals surface area contributed by atoms with E-state index in [1.165, 1.54) is 30.5 Å². The molecule has 1 aromatic carbocycles. The second kappa shape index (κ2) is 5.94. The van der Waals surface area contributed by atoms with Gasteiger partial charge in [0.25, 0.3) is 0 Å². The largest absolute Gasteiger partial charge is 0.369 e. The molecule has 1 aromatic rings. The van der Waals surface area contributed by atoms with Crippen LogP contribution >= 0.6 is 11.6 Å². The smallest absolute Gasteiger partial charge is 0.0410 e. The van der Waals surface area contributed by atoms with Crippen molar-refractivity contribution in [2.75, 3.05) is 11.4 Å². The average Bonchev–Trinajstić information content (AvgIpc) is 2.30. The van der Waals surface area contributed by atoms with Crippen molar-refractivity contribution in [2.24, 2.45) is 5.73 Å². The summed E-state index contributed by atoms with van der Waals surface area (Å²) < 4.78 is 0. The summed E-state index contributed by atoms with van der Waals surface area (Å²) >= 11 is 6.12.